The molecule has 0 unspecified atom stereocenters. The van der Waals surface area contributed by atoms with E-state index in [-0.39, 0.29) is 6.42 Å². The lowest BCUT2D eigenvalue weighted by atomic mass is 10.0. The maximum Gasteiger partial charge on any atom is 0.403 e. The Kier molecular flexibility index (Phi) is 6.28. The number of aliphatic carboxylic acids is 1. The van der Waals surface area contributed by atoms with Crippen molar-refractivity contribution in [2.45, 2.75) is 12.5 Å². The Balaban J connectivity index is 2.20. The van der Waals surface area contributed by atoms with Crippen LogP contribution in [0.3, 0.4) is 0 Å². The van der Waals surface area contributed by atoms with Gasteiger partial charge in [-0.2, -0.15) is 0 Å². The molecule has 1 atom stereocenters. The van der Waals surface area contributed by atoms with Crippen LogP contribution in [-0.4, -0.2) is 38.6 Å². The average Bonchev–Trinajstić information content (AvgIpc) is 2.58. The summed E-state index contributed by atoms with van der Waals surface area (Å²) in [4.78, 5) is 29.4. The van der Waals surface area contributed by atoms with Crippen molar-refractivity contribution in [3.63, 3.8) is 0 Å². The molecule has 0 bridgehead atoms. The highest BCUT2D eigenvalue weighted by Gasteiger charge is 2.27. The molecule has 6 nitrogen and oxygen atoms in total. The van der Waals surface area contributed by atoms with Crippen LogP contribution in [0.25, 0.3) is 11.1 Å². The van der Waals surface area contributed by atoms with E-state index in [0.717, 1.165) is 27.4 Å². The van der Waals surface area contributed by atoms with Gasteiger partial charge in [-0.1, -0.05) is 60.7 Å². The van der Waals surface area contributed by atoms with E-state index < -0.39 is 19.8 Å². The molecule has 132 valence electrons. The molecule has 2 aromatic rings. The zero-order chi connectivity index (χ0) is 18.4. The number of hydrogen-bond acceptors (Lipinski definition) is 2. The van der Waals surface area contributed by atoms with E-state index in [1.165, 1.54) is 13.1 Å². The lowest BCUT2D eigenvalue weighted by Crippen LogP contribution is -2.29. The van der Waals surface area contributed by atoms with Gasteiger partial charge >= 0.3 is 13.7 Å². The fourth-order valence-electron chi connectivity index (χ4n) is 2.42. The number of carboxylic acid groups (broad SMARTS) is 1. The SMILES string of the molecule is CN([C@H](/C=C/C(=O)O)Cc1ccc(-c2ccccc2)cc1)P(=O)(O)O. The fraction of sp³-hybridized carbons (Fsp3) is 0.167. The lowest BCUT2D eigenvalue weighted by molar-refractivity contribution is -0.131. The molecule has 3 N–H and O–H groups in total. The number of hydrogen-bond donors (Lipinski definition) is 3. The Hall–Kier alpha value is -2.24. The number of carbonyl (C=O) groups is 1. The van der Waals surface area contributed by atoms with Crippen molar-refractivity contribution in [2.75, 3.05) is 7.05 Å². The highest BCUT2D eigenvalue weighted by molar-refractivity contribution is 7.49. The predicted molar refractivity (Wildman–Crippen MR) is 96.0 cm³/mol. The van der Waals surface area contributed by atoms with Crippen LogP contribution in [0.4, 0.5) is 0 Å². The molecule has 0 aromatic heterocycles. The van der Waals surface area contributed by atoms with Crippen LogP contribution >= 0.6 is 7.75 Å². The number of rotatable bonds is 7. The van der Waals surface area contributed by atoms with E-state index in [1.54, 1.807) is 0 Å². The molecule has 7 heteroatoms. The summed E-state index contributed by atoms with van der Waals surface area (Å²) in [7, 11) is -3.20. The van der Waals surface area contributed by atoms with Gasteiger partial charge in [-0.15, -0.1) is 0 Å². The summed E-state index contributed by atoms with van der Waals surface area (Å²) in [6.07, 6.45) is 2.46. The molecule has 0 fully saturated rings. The molecule has 0 amide bonds. The van der Waals surface area contributed by atoms with E-state index in [0.29, 0.717) is 0 Å². The van der Waals surface area contributed by atoms with Crippen LogP contribution in [0.2, 0.25) is 0 Å². The lowest BCUT2D eigenvalue weighted by Gasteiger charge is -2.26. The third kappa shape index (κ3) is 5.66. The number of carboxylic acids is 1. The highest BCUT2D eigenvalue weighted by atomic mass is 31.2. The van der Waals surface area contributed by atoms with E-state index >= 15 is 0 Å². The first kappa shape index (κ1) is 19.1. The zero-order valence-electron chi connectivity index (χ0n) is 13.7. The van der Waals surface area contributed by atoms with Crippen LogP contribution in [0, 0.1) is 0 Å². The first-order chi connectivity index (χ1) is 11.8. The molecule has 0 radical (unpaired) electrons. The van der Waals surface area contributed by atoms with Crippen molar-refractivity contribution in [1.82, 2.24) is 4.67 Å². The summed E-state index contributed by atoms with van der Waals surface area (Å²) >= 11 is 0. The molecule has 0 saturated carbocycles. The van der Waals surface area contributed by atoms with Gasteiger partial charge in [0.1, 0.15) is 0 Å². The molecule has 2 aromatic carbocycles. The monoisotopic (exact) mass is 361 g/mol. The second-order valence-corrected chi connectivity index (χ2v) is 7.28. The van der Waals surface area contributed by atoms with Crippen LogP contribution in [-0.2, 0) is 15.8 Å². The standard InChI is InChI=1S/C18H20NO5P/c1-19(25(22,23)24)17(11-12-18(20)21)13-14-7-9-16(10-8-14)15-5-3-2-4-6-15/h2-12,17H,13H2,1H3,(H,20,21)(H2,22,23,24)/b12-11+/t17-/m1/s1. The van der Waals surface area contributed by atoms with Crippen molar-refractivity contribution in [3.05, 3.63) is 72.3 Å². The second-order valence-electron chi connectivity index (χ2n) is 5.62. The van der Waals surface area contributed by atoms with Gasteiger partial charge in [0.15, 0.2) is 0 Å². The molecule has 0 saturated heterocycles. The quantitative estimate of drug-likeness (QED) is 0.518. The molecule has 0 aliphatic heterocycles. The summed E-state index contributed by atoms with van der Waals surface area (Å²) in [6.45, 7) is 0. The Morgan fingerprint density at radius 2 is 1.64 bits per heavy atom. The van der Waals surface area contributed by atoms with Gasteiger partial charge < -0.3 is 14.9 Å². The maximum absolute atomic E-state index is 11.5. The molecule has 0 heterocycles. The normalized spacial score (nSPS) is 13.3. The van der Waals surface area contributed by atoms with Gasteiger partial charge in [0.2, 0.25) is 0 Å². The Morgan fingerprint density at radius 1 is 1.08 bits per heavy atom. The van der Waals surface area contributed by atoms with E-state index in [9.17, 15) is 19.1 Å². The van der Waals surface area contributed by atoms with Crippen LogP contribution in [0.1, 0.15) is 5.56 Å². The molecule has 2 rings (SSSR count). The van der Waals surface area contributed by atoms with Gasteiger partial charge in [0, 0.05) is 12.1 Å². The number of benzene rings is 2. The first-order valence-corrected chi connectivity index (χ1v) is 9.18. The third-order valence-electron chi connectivity index (χ3n) is 3.86. The number of nitrogens with zero attached hydrogens (tertiary/aromatic N) is 1. The Morgan fingerprint density at radius 3 is 2.16 bits per heavy atom. The minimum absolute atomic E-state index is 0.278. The summed E-state index contributed by atoms with van der Waals surface area (Å²) < 4.78 is 12.4. The topological polar surface area (TPSA) is 98.1 Å². The molecular weight excluding hydrogens is 341 g/mol. The first-order valence-electron chi connectivity index (χ1n) is 7.61. The largest absolute Gasteiger partial charge is 0.478 e. The van der Waals surface area contributed by atoms with Crippen LogP contribution in [0.5, 0.6) is 0 Å². The van der Waals surface area contributed by atoms with Gasteiger partial charge in [-0.05, 0) is 30.2 Å². The molecule has 0 aliphatic carbocycles. The van der Waals surface area contributed by atoms with Crippen molar-refractivity contribution in [2.24, 2.45) is 0 Å². The van der Waals surface area contributed by atoms with Crippen LogP contribution < -0.4 is 0 Å². The van der Waals surface area contributed by atoms with Crippen molar-refractivity contribution in [3.8, 4) is 11.1 Å². The van der Waals surface area contributed by atoms with E-state index in [1.807, 2.05) is 54.6 Å². The summed E-state index contributed by atoms with van der Waals surface area (Å²) in [5.74, 6) is -1.16. The molecule has 0 aliphatic rings. The zero-order valence-corrected chi connectivity index (χ0v) is 14.6. The second kappa shape index (κ2) is 8.23. The van der Waals surface area contributed by atoms with Crippen LogP contribution in [0.15, 0.2) is 66.7 Å². The van der Waals surface area contributed by atoms with E-state index in [4.69, 9.17) is 5.11 Å². The predicted octanol–water partition coefficient (Wildman–Crippen LogP) is 2.93. The fourth-order valence-corrected chi connectivity index (χ4v) is 2.96. The van der Waals surface area contributed by atoms with Crippen molar-refractivity contribution < 1.29 is 24.3 Å². The van der Waals surface area contributed by atoms with Gasteiger partial charge in [0.05, 0.1) is 0 Å². The Bertz CT molecular complexity index is 783. The molecular formula is C18H20NO5P. The van der Waals surface area contributed by atoms with Gasteiger partial charge in [-0.25, -0.2) is 14.0 Å². The molecule has 25 heavy (non-hydrogen) atoms. The van der Waals surface area contributed by atoms with Gasteiger partial charge in [-0.3, -0.25) is 0 Å². The third-order valence-corrected chi connectivity index (χ3v) is 4.98. The highest BCUT2D eigenvalue weighted by Crippen LogP contribution is 2.41. The van der Waals surface area contributed by atoms with Crippen molar-refractivity contribution in [1.29, 1.82) is 0 Å². The average molecular weight is 361 g/mol. The smallest absolute Gasteiger partial charge is 0.403 e. The minimum atomic E-state index is -4.48. The molecule has 0 spiro atoms. The van der Waals surface area contributed by atoms with Gasteiger partial charge in [0.25, 0.3) is 0 Å². The Labute approximate surface area is 146 Å². The maximum atomic E-state index is 11.5. The summed E-state index contributed by atoms with van der Waals surface area (Å²) in [5, 5.41) is 8.78. The van der Waals surface area contributed by atoms with Crippen molar-refractivity contribution >= 4 is 13.7 Å². The summed E-state index contributed by atoms with van der Waals surface area (Å²) in [5.41, 5.74) is 2.95. The summed E-state index contributed by atoms with van der Waals surface area (Å²) in [6, 6.07) is 16.7. The minimum Gasteiger partial charge on any atom is -0.478 e. The number of likely N-dealkylation sites (N-methyl/N-ethyl adjacent to an activating group) is 1. The van der Waals surface area contributed by atoms with E-state index in [2.05, 4.69) is 0 Å².